The molecule has 0 aromatic heterocycles. The molecule has 26 heavy (non-hydrogen) atoms. The number of rotatable bonds is 2. The predicted molar refractivity (Wildman–Crippen MR) is 114 cm³/mol. The van der Waals surface area contributed by atoms with E-state index in [1.807, 2.05) is 3.28 Å². The van der Waals surface area contributed by atoms with Crippen LogP contribution in [-0.2, 0) is 20.4 Å². The van der Waals surface area contributed by atoms with Crippen LogP contribution in [-0.4, -0.2) is 5.43 Å². The van der Waals surface area contributed by atoms with Crippen molar-refractivity contribution in [2.24, 2.45) is 10.8 Å². The van der Waals surface area contributed by atoms with E-state index in [0.717, 1.165) is 3.63 Å². The van der Waals surface area contributed by atoms with E-state index in [1.165, 1.54) is 12.0 Å². The van der Waals surface area contributed by atoms with Crippen molar-refractivity contribution in [2.45, 2.75) is 64.7 Å². The van der Waals surface area contributed by atoms with Gasteiger partial charge in [-0.3, -0.25) is 0 Å². The van der Waals surface area contributed by atoms with Gasteiger partial charge in [0.25, 0.3) is 0 Å². The first-order valence-corrected chi connectivity index (χ1v) is 18.7. The first-order valence-electron chi connectivity index (χ1n) is 9.89. The van der Waals surface area contributed by atoms with Gasteiger partial charge in [0.15, 0.2) is 0 Å². The molecule has 3 rings (SSSR count). The third-order valence-corrected chi connectivity index (χ3v) is 23.8. The normalized spacial score (nSPS) is 19.7. The second kappa shape index (κ2) is 7.17. The van der Waals surface area contributed by atoms with Crippen LogP contribution in [0.15, 0.2) is 51.3 Å². The van der Waals surface area contributed by atoms with Crippen molar-refractivity contribution in [3.63, 3.8) is 0 Å². The first-order chi connectivity index (χ1) is 12.0. The summed E-state index contributed by atoms with van der Waals surface area (Å²) >= 11 is -1.75. The number of hydrogen-bond donors (Lipinski definition) is 0. The van der Waals surface area contributed by atoms with E-state index in [9.17, 15) is 0 Å². The van der Waals surface area contributed by atoms with Gasteiger partial charge in [0.1, 0.15) is 0 Å². The topological polar surface area (TPSA) is 0 Å². The molecule has 1 unspecified atom stereocenters. The van der Waals surface area contributed by atoms with Gasteiger partial charge in [-0.2, -0.15) is 0 Å². The summed E-state index contributed by atoms with van der Waals surface area (Å²) in [6.45, 7) is 19.4. The zero-order chi connectivity index (χ0) is 19.3. The molecule has 1 aromatic rings. The van der Waals surface area contributed by atoms with Gasteiger partial charge < -0.3 is 0 Å². The molecule has 0 N–H and O–H groups in total. The third kappa shape index (κ3) is 3.88. The van der Waals surface area contributed by atoms with Crippen molar-refractivity contribution in [3.8, 4) is 0 Å². The van der Waals surface area contributed by atoms with Crippen LogP contribution >= 0.6 is 0 Å². The molecule has 0 heterocycles. The van der Waals surface area contributed by atoms with Crippen molar-refractivity contribution in [1.82, 2.24) is 0 Å². The van der Waals surface area contributed by atoms with Crippen LogP contribution in [0.25, 0.3) is 5.57 Å². The molecule has 2 heteroatoms. The fraction of sp³-hybridized carbons (Fsp3) is 0.500. The van der Waals surface area contributed by atoms with Crippen LogP contribution in [0.2, 0.25) is 13.1 Å². The standard InChI is InChI=1S/C13H15.C9H13.C2H6Si.Zr/c1-13(2,3)12-9-8-10-6-4-5-7-11(10)12;1-9(2,3)8-6-4-5-7-8;1-3-2;/h4-9H,1-3H3;4,6H,7H2,1-3H3;1-2H3;. The Labute approximate surface area is 168 Å². The second-order valence-electron chi connectivity index (χ2n) is 10.1. The maximum absolute atomic E-state index is 2.70. The van der Waals surface area contributed by atoms with Crippen LogP contribution in [0.3, 0.4) is 0 Å². The average Bonchev–Trinajstić information content (AvgIpc) is 3.12. The van der Waals surface area contributed by atoms with Crippen LogP contribution in [0.1, 0.15) is 62.7 Å². The minimum atomic E-state index is -1.75. The molecule has 0 bridgehead atoms. The third-order valence-electron chi connectivity index (χ3n) is 5.75. The second-order valence-corrected chi connectivity index (χ2v) is 27.8. The number of allylic oxidation sites excluding steroid dienone is 6. The van der Waals surface area contributed by atoms with Gasteiger partial charge in [-0.15, -0.1) is 0 Å². The predicted octanol–water partition coefficient (Wildman–Crippen LogP) is 7.30. The van der Waals surface area contributed by atoms with Gasteiger partial charge in [0.2, 0.25) is 0 Å². The number of benzene rings is 1. The monoisotopic (exact) mass is 440 g/mol. The average molecular weight is 442 g/mol. The van der Waals surface area contributed by atoms with Crippen molar-refractivity contribution in [2.75, 3.05) is 0 Å². The SMILES string of the molecule is C[Si](C)=[Zr]([C]1=CC=C(C(C)(C)C)C1)[CH]1C=C(C(C)(C)C)c2ccccc21. The molecule has 0 aliphatic heterocycles. The Kier molecular flexibility index (Phi) is 5.59. The summed E-state index contributed by atoms with van der Waals surface area (Å²) in [6.07, 6.45) is 8.95. The van der Waals surface area contributed by atoms with E-state index in [0.29, 0.717) is 5.41 Å². The molecule has 0 radical (unpaired) electrons. The quantitative estimate of drug-likeness (QED) is 0.422. The summed E-state index contributed by atoms with van der Waals surface area (Å²) in [5.41, 5.74) is 6.67. The Morgan fingerprint density at radius 3 is 2.12 bits per heavy atom. The van der Waals surface area contributed by atoms with Crippen LogP contribution in [0.5, 0.6) is 0 Å². The Hall–Kier alpha value is -0.460. The van der Waals surface area contributed by atoms with Gasteiger partial charge >= 0.3 is 169 Å². The van der Waals surface area contributed by atoms with Gasteiger partial charge in [-0.1, -0.05) is 0 Å². The zero-order valence-electron chi connectivity index (χ0n) is 17.8. The van der Waals surface area contributed by atoms with Gasteiger partial charge in [-0.25, -0.2) is 0 Å². The molecule has 0 spiro atoms. The van der Waals surface area contributed by atoms with Crippen molar-refractivity contribution >= 4 is 11.0 Å². The molecule has 0 amide bonds. The fourth-order valence-corrected chi connectivity index (χ4v) is 22.1. The molecule has 0 fully saturated rings. The van der Waals surface area contributed by atoms with Crippen molar-refractivity contribution < 1.29 is 20.4 Å². The minimum absolute atomic E-state index is 0.229. The molecule has 0 saturated carbocycles. The van der Waals surface area contributed by atoms with E-state index in [2.05, 4.69) is 97.1 Å². The van der Waals surface area contributed by atoms with E-state index in [1.54, 1.807) is 16.7 Å². The Morgan fingerprint density at radius 1 is 0.923 bits per heavy atom. The molecule has 0 saturated heterocycles. The summed E-state index contributed by atoms with van der Waals surface area (Å²) in [6, 6.07) is 9.27. The summed E-state index contributed by atoms with van der Waals surface area (Å²) in [7, 11) is 0. The molecular weight excluding hydrogens is 408 g/mol. The Bertz CT molecular complexity index is 847. The Balaban J connectivity index is 2.04. The zero-order valence-corrected chi connectivity index (χ0v) is 21.3. The van der Waals surface area contributed by atoms with Gasteiger partial charge in [-0.05, 0) is 0 Å². The fourth-order valence-electron chi connectivity index (χ4n) is 4.31. The van der Waals surface area contributed by atoms with Gasteiger partial charge in [0, 0.05) is 0 Å². The summed E-state index contributed by atoms with van der Waals surface area (Å²) in [5, 5.41) is 0. The Morgan fingerprint density at radius 2 is 1.58 bits per heavy atom. The maximum atomic E-state index is 2.70. The summed E-state index contributed by atoms with van der Waals surface area (Å²) in [5.74, 6) is 0. The first kappa shape index (κ1) is 20.3. The van der Waals surface area contributed by atoms with Crippen LogP contribution in [0, 0.1) is 10.8 Å². The van der Waals surface area contributed by atoms with Crippen LogP contribution < -0.4 is 0 Å². The number of hydrogen-bond acceptors (Lipinski definition) is 0. The van der Waals surface area contributed by atoms with E-state index < -0.39 is 20.4 Å². The van der Waals surface area contributed by atoms with Crippen molar-refractivity contribution in [3.05, 3.63) is 62.5 Å². The molecular formula is C24H34SiZr. The van der Waals surface area contributed by atoms with E-state index in [-0.39, 0.29) is 10.8 Å². The van der Waals surface area contributed by atoms with Gasteiger partial charge in [0.05, 0.1) is 0 Å². The molecule has 2 aliphatic carbocycles. The molecule has 1 aromatic carbocycles. The number of fused-ring (bicyclic) bond motifs is 1. The molecule has 0 nitrogen and oxygen atoms in total. The summed E-state index contributed by atoms with van der Waals surface area (Å²) < 4.78 is 2.60. The molecule has 2 aliphatic rings. The van der Waals surface area contributed by atoms with E-state index in [4.69, 9.17) is 0 Å². The molecule has 1 atom stereocenters. The van der Waals surface area contributed by atoms with Crippen LogP contribution in [0.4, 0.5) is 0 Å². The van der Waals surface area contributed by atoms with E-state index >= 15 is 0 Å². The summed E-state index contributed by atoms with van der Waals surface area (Å²) in [4.78, 5) is 0. The molecule has 138 valence electrons. The van der Waals surface area contributed by atoms with Crippen molar-refractivity contribution in [1.29, 1.82) is 0 Å².